The summed E-state index contributed by atoms with van der Waals surface area (Å²) in [5, 5.41) is 8.83. The van der Waals surface area contributed by atoms with E-state index in [-0.39, 0.29) is 22.2 Å². The van der Waals surface area contributed by atoms with Crippen LogP contribution in [0, 0.1) is 0 Å². The van der Waals surface area contributed by atoms with E-state index in [9.17, 15) is 9.59 Å². The van der Waals surface area contributed by atoms with E-state index in [1.165, 1.54) is 16.7 Å². The maximum Gasteiger partial charge on any atom is 0.352 e. The number of carbonyl (C=O) groups excluding carboxylic acids is 1. The number of thioether (sulfide) groups is 2. The Labute approximate surface area is 118 Å². The number of β-lactam (4-membered cyclic amide) rings is 1. The van der Waals surface area contributed by atoms with Gasteiger partial charge < -0.3 is 5.11 Å². The number of fused-ring (bicyclic) bond motifs is 1. The third-order valence-corrected chi connectivity index (χ3v) is 5.64. The van der Waals surface area contributed by atoms with E-state index in [0.717, 1.165) is 4.90 Å². The third-order valence-electron chi connectivity index (χ3n) is 3.02. The van der Waals surface area contributed by atoms with Crippen molar-refractivity contribution in [2.75, 3.05) is 5.75 Å². The lowest BCUT2D eigenvalue weighted by Crippen LogP contribution is -2.62. The van der Waals surface area contributed by atoms with Gasteiger partial charge >= 0.3 is 5.97 Å². The third kappa shape index (κ3) is 2.15. The second-order valence-corrected chi connectivity index (χ2v) is 6.54. The minimum atomic E-state index is -1.03. The smallest absolute Gasteiger partial charge is 0.352 e. The van der Waals surface area contributed by atoms with Crippen molar-refractivity contribution in [2.24, 2.45) is 0 Å². The first kappa shape index (κ1) is 12.6. The maximum absolute atomic E-state index is 12.1. The van der Waals surface area contributed by atoms with E-state index >= 15 is 0 Å². The second-order valence-electron chi connectivity index (χ2n) is 4.18. The average molecular weight is 293 g/mol. The van der Waals surface area contributed by atoms with Crippen molar-refractivity contribution in [2.45, 2.75) is 15.5 Å². The molecule has 0 radical (unpaired) electrons. The quantitative estimate of drug-likeness (QED) is 0.864. The fraction of sp³-hybridized carbons (Fsp3) is 0.231. The zero-order valence-electron chi connectivity index (χ0n) is 9.85. The van der Waals surface area contributed by atoms with E-state index < -0.39 is 5.97 Å². The highest BCUT2D eigenvalue weighted by Crippen LogP contribution is 2.45. The first-order valence-corrected chi connectivity index (χ1v) is 7.71. The van der Waals surface area contributed by atoms with Gasteiger partial charge in [-0.3, -0.25) is 9.69 Å². The summed E-state index contributed by atoms with van der Waals surface area (Å²) in [6.07, 6.45) is 1.60. The Morgan fingerprint density at radius 2 is 2.11 bits per heavy atom. The molecule has 0 aromatic heterocycles. The van der Waals surface area contributed by atoms with Crippen LogP contribution in [-0.4, -0.2) is 38.3 Å². The Morgan fingerprint density at radius 3 is 2.79 bits per heavy atom. The molecule has 1 fully saturated rings. The lowest BCUT2D eigenvalue weighted by Gasteiger charge is -2.47. The van der Waals surface area contributed by atoms with Gasteiger partial charge in [-0.25, -0.2) is 4.79 Å². The molecule has 2 heterocycles. The summed E-state index contributed by atoms with van der Waals surface area (Å²) < 4.78 is 0. The normalized spacial score (nSPS) is 25.4. The number of amides is 1. The Bertz CT molecular complexity index is 558. The molecular weight excluding hydrogens is 282 g/mol. The van der Waals surface area contributed by atoms with Crippen LogP contribution in [0.3, 0.4) is 0 Å². The predicted octanol–water partition coefficient (Wildman–Crippen LogP) is 2.03. The zero-order valence-corrected chi connectivity index (χ0v) is 11.5. The number of nitrogens with zero attached hydrogens (tertiary/aromatic N) is 1. The molecule has 0 saturated carbocycles. The van der Waals surface area contributed by atoms with Crippen molar-refractivity contribution in [1.29, 1.82) is 0 Å². The van der Waals surface area contributed by atoms with Crippen molar-refractivity contribution < 1.29 is 14.7 Å². The van der Waals surface area contributed by atoms with Crippen LogP contribution in [0.2, 0.25) is 0 Å². The molecule has 0 bridgehead atoms. The summed E-state index contributed by atoms with van der Waals surface area (Å²) in [5.41, 5.74) is 0.124. The molecule has 6 heteroatoms. The predicted molar refractivity (Wildman–Crippen MR) is 74.9 cm³/mol. The van der Waals surface area contributed by atoms with Gasteiger partial charge in [0.05, 0.1) is 0 Å². The lowest BCUT2D eigenvalue weighted by atomic mass is 10.1. The van der Waals surface area contributed by atoms with Crippen LogP contribution >= 0.6 is 23.5 Å². The number of carbonyl (C=O) groups is 2. The van der Waals surface area contributed by atoms with Gasteiger partial charge in [-0.1, -0.05) is 18.2 Å². The van der Waals surface area contributed by atoms with Crippen molar-refractivity contribution >= 4 is 35.4 Å². The summed E-state index contributed by atoms with van der Waals surface area (Å²) in [7, 11) is 0. The minimum Gasteiger partial charge on any atom is -0.477 e. The van der Waals surface area contributed by atoms with Crippen LogP contribution in [0.1, 0.15) is 0 Å². The Hall–Kier alpha value is -1.40. The fourth-order valence-electron chi connectivity index (χ4n) is 2.12. The van der Waals surface area contributed by atoms with Crippen LogP contribution < -0.4 is 0 Å². The Kier molecular flexibility index (Phi) is 3.28. The number of carboxylic acids is 1. The average Bonchev–Trinajstić information content (AvgIpc) is 2.44. The van der Waals surface area contributed by atoms with E-state index in [1.54, 1.807) is 17.8 Å². The summed E-state index contributed by atoms with van der Waals surface area (Å²) >= 11 is 3.12. The van der Waals surface area contributed by atoms with Crippen LogP contribution in [0.25, 0.3) is 0 Å². The summed E-state index contributed by atoms with van der Waals surface area (Å²) in [6, 6.07) is 9.71. The molecule has 2 atom stereocenters. The van der Waals surface area contributed by atoms with Gasteiger partial charge in [-0.05, 0) is 18.2 Å². The van der Waals surface area contributed by atoms with Crippen LogP contribution in [0.4, 0.5) is 0 Å². The first-order chi connectivity index (χ1) is 9.18. The van der Waals surface area contributed by atoms with E-state index in [0.29, 0.717) is 5.75 Å². The molecule has 0 aliphatic carbocycles. The molecule has 1 amide bonds. The maximum atomic E-state index is 12.1. The van der Waals surface area contributed by atoms with Gasteiger partial charge in [0.1, 0.15) is 16.3 Å². The molecule has 3 rings (SSSR count). The fourth-order valence-corrected chi connectivity index (χ4v) is 4.70. The summed E-state index contributed by atoms with van der Waals surface area (Å²) in [6.45, 7) is 0. The number of carboxylic acid groups (broad SMARTS) is 1. The number of aliphatic carboxylic acids is 1. The molecule has 98 valence electrons. The standard InChI is InChI=1S/C13H11NO3S2/c15-11-10(19-8-4-2-1-3-5-8)12-14(11)9(13(16)17)6-7-18-12/h1-6,10,12H,7H2,(H,16,17)/t10?,12-/m0/s1. The minimum absolute atomic E-state index is 0.0613. The van der Waals surface area contributed by atoms with Gasteiger partial charge in [0.25, 0.3) is 0 Å². The van der Waals surface area contributed by atoms with Crippen LogP contribution in [0.15, 0.2) is 47.0 Å². The number of hydrogen-bond donors (Lipinski definition) is 1. The molecule has 4 nitrogen and oxygen atoms in total. The van der Waals surface area contributed by atoms with Crippen molar-refractivity contribution in [3.8, 4) is 0 Å². The molecule has 19 heavy (non-hydrogen) atoms. The summed E-state index contributed by atoms with van der Waals surface area (Å²) in [5.74, 6) is -0.497. The van der Waals surface area contributed by atoms with Crippen molar-refractivity contribution in [3.63, 3.8) is 0 Å². The highest BCUT2D eigenvalue weighted by Gasteiger charge is 2.52. The number of benzene rings is 1. The van der Waals surface area contributed by atoms with Gasteiger partial charge in [0.15, 0.2) is 0 Å². The van der Waals surface area contributed by atoms with Gasteiger partial charge in [0, 0.05) is 10.6 Å². The van der Waals surface area contributed by atoms with E-state index in [1.807, 2.05) is 30.3 Å². The first-order valence-electron chi connectivity index (χ1n) is 5.78. The van der Waals surface area contributed by atoms with Crippen molar-refractivity contribution in [3.05, 3.63) is 42.1 Å². The molecule has 1 unspecified atom stereocenters. The summed E-state index contributed by atoms with van der Waals surface area (Å²) in [4.78, 5) is 25.6. The Balaban J connectivity index is 1.77. The largest absolute Gasteiger partial charge is 0.477 e. The topological polar surface area (TPSA) is 57.6 Å². The van der Waals surface area contributed by atoms with Gasteiger partial charge in [-0.2, -0.15) is 0 Å². The number of rotatable bonds is 3. The molecule has 2 aliphatic rings. The lowest BCUT2D eigenvalue weighted by molar-refractivity contribution is -0.145. The highest BCUT2D eigenvalue weighted by molar-refractivity contribution is 8.04. The molecule has 1 N–H and O–H groups in total. The SMILES string of the molecule is O=C(O)C1=CCS[C@H]2C(Sc3ccccc3)C(=O)N12. The van der Waals surface area contributed by atoms with Gasteiger partial charge in [-0.15, -0.1) is 23.5 Å². The monoisotopic (exact) mass is 293 g/mol. The van der Waals surface area contributed by atoms with Crippen molar-refractivity contribution in [1.82, 2.24) is 4.90 Å². The molecule has 1 saturated heterocycles. The van der Waals surface area contributed by atoms with E-state index in [2.05, 4.69) is 0 Å². The number of hydrogen-bond acceptors (Lipinski definition) is 4. The van der Waals surface area contributed by atoms with Gasteiger partial charge in [0.2, 0.25) is 5.91 Å². The van der Waals surface area contributed by atoms with Crippen LogP contribution in [-0.2, 0) is 9.59 Å². The molecule has 1 aromatic rings. The molecule has 0 spiro atoms. The highest BCUT2D eigenvalue weighted by atomic mass is 32.2. The van der Waals surface area contributed by atoms with Crippen LogP contribution in [0.5, 0.6) is 0 Å². The molecular formula is C13H11NO3S2. The molecule has 1 aromatic carbocycles. The van der Waals surface area contributed by atoms with E-state index in [4.69, 9.17) is 5.11 Å². The Morgan fingerprint density at radius 1 is 1.37 bits per heavy atom. The second kappa shape index (κ2) is 4.94. The molecule has 2 aliphatic heterocycles. The zero-order chi connectivity index (χ0) is 13.4.